The molecule has 1 aromatic rings. The lowest BCUT2D eigenvalue weighted by molar-refractivity contribution is -0.247. The summed E-state index contributed by atoms with van der Waals surface area (Å²) in [6, 6.07) is 7.59. The second-order valence-electron chi connectivity index (χ2n) is 7.19. The summed E-state index contributed by atoms with van der Waals surface area (Å²) in [6.07, 6.45) is 10.8. The van der Waals surface area contributed by atoms with E-state index in [1.807, 2.05) is 12.1 Å². The molecule has 0 aliphatic carbocycles. The van der Waals surface area contributed by atoms with Crippen molar-refractivity contribution >= 4 is 5.97 Å². The molecule has 4 heteroatoms. The molecule has 4 nitrogen and oxygen atoms in total. The minimum absolute atomic E-state index is 0.255. The van der Waals surface area contributed by atoms with Crippen LogP contribution in [0.4, 0.5) is 0 Å². The number of hydrogen-bond acceptors (Lipinski definition) is 4. The fraction of sp³-hybridized carbons (Fsp3) is 0.696. The Bertz CT molecular complexity index is 484. The molecule has 0 saturated carbocycles. The fourth-order valence-electron chi connectivity index (χ4n) is 2.95. The van der Waals surface area contributed by atoms with Crippen LogP contribution in [0.5, 0.6) is 0 Å². The highest BCUT2D eigenvalue weighted by molar-refractivity contribution is 5.88. The van der Waals surface area contributed by atoms with E-state index >= 15 is 0 Å². The highest BCUT2D eigenvalue weighted by Crippen LogP contribution is 2.13. The molecule has 0 fully saturated rings. The fourth-order valence-corrected chi connectivity index (χ4v) is 2.95. The van der Waals surface area contributed by atoms with Crippen molar-refractivity contribution < 1.29 is 19.3 Å². The van der Waals surface area contributed by atoms with E-state index in [4.69, 9.17) is 14.5 Å². The maximum atomic E-state index is 12.0. The molecule has 0 saturated heterocycles. The lowest BCUT2D eigenvalue weighted by atomic mass is 10.0. The van der Waals surface area contributed by atoms with Crippen LogP contribution in [0.25, 0.3) is 0 Å². The Morgan fingerprint density at radius 2 is 1.67 bits per heavy atom. The van der Waals surface area contributed by atoms with Crippen molar-refractivity contribution in [2.45, 2.75) is 78.6 Å². The van der Waals surface area contributed by atoms with Gasteiger partial charge in [-0.15, -0.1) is 0 Å². The van der Waals surface area contributed by atoms with Gasteiger partial charge in [0.2, 0.25) is 0 Å². The van der Waals surface area contributed by atoms with Gasteiger partial charge in [0.15, 0.2) is 0 Å². The molecule has 154 valence electrons. The molecule has 0 aromatic heterocycles. The maximum Gasteiger partial charge on any atom is 0.373 e. The highest BCUT2D eigenvalue weighted by Gasteiger charge is 2.09. The van der Waals surface area contributed by atoms with Crippen molar-refractivity contribution in [3.8, 4) is 0 Å². The van der Waals surface area contributed by atoms with Crippen LogP contribution in [-0.2, 0) is 20.9 Å². The average Bonchev–Trinajstić information content (AvgIpc) is 2.70. The van der Waals surface area contributed by atoms with E-state index in [9.17, 15) is 4.79 Å². The number of carbonyl (C=O) groups is 1. The van der Waals surface area contributed by atoms with Crippen molar-refractivity contribution in [1.29, 1.82) is 0 Å². The first-order valence-electron chi connectivity index (χ1n) is 10.7. The Labute approximate surface area is 165 Å². The van der Waals surface area contributed by atoms with Crippen molar-refractivity contribution in [2.75, 3.05) is 19.8 Å². The molecule has 1 atom stereocenters. The maximum absolute atomic E-state index is 12.0. The van der Waals surface area contributed by atoms with E-state index in [0.29, 0.717) is 18.1 Å². The third-order valence-corrected chi connectivity index (χ3v) is 4.85. The number of unbranched alkanes of at least 4 members (excludes halogenated alkanes) is 4. The van der Waals surface area contributed by atoms with Gasteiger partial charge in [-0.3, -0.25) is 4.89 Å². The average molecular weight is 379 g/mol. The predicted octanol–water partition coefficient (Wildman–Crippen LogP) is 6.13. The van der Waals surface area contributed by atoms with Crippen LogP contribution in [0, 0.1) is 5.92 Å². The van der Waals surface area contributed by atoms with E-state index in [1.54, 1.807) is 12.1 Å². The largest absolute Gasteiger partial charge is 0.379 e. The summed E-state index contributed by atoms with van der Waals surface area (Å²) in [5, 5.41) is 0. The molecule has 0 N–H and O–H groups in total. The second-order valence-corrected chi connectivity index (χ2v) is 7.19. The first kappa shape index (κ1) is 23.6. The van der Waals surface area contributed by atoms with Crippen molar-refractivity contribution in [3.63, 3.8) is 0 Å². The number of carbonyl (C=O) groups excluding carboxylic acids is 1. The normalized spacial score (nSPS) is 12.1. The van der Waals surface area contributed by atoms with E-state index in [0.717, 1.165) is 19.4 Å². The number of benzene rings is 1. The molecule has 1 aromatic carbocycles. The Hall–Kier alpha value is -1.39. The van der Waals surface area contributed by atoms with Gasteiger partial charge in [-0.05, 0) is 42.9 Å². The minimum Gasteiger partial charge on any atom is -0.379 e. The van der Waals surface area contributed by atoms with Crippen LogP contribution >= 0.6 is 0 Å². The predicted molar refractivity (Wildman–Crippen MR) is 110 cm³/mol. The van der Waals surface area contributed by atoms with Crippen LogP contribution in [0.1, 0.15) is 88.1 Å². The van der Waals surface area contributed by atoms with Crippen molar-refractivity contribution in [2.24, 2.45) is 5.92 Å². The molecule has 0 amide bonds. The number of ether oxygens (including phenoxy) is 1. The molecule has 0 heterocycles. The highest BCUT2D eigenvalue weighted by atomic mass is 17.2. The van der Waals surface area contributed by atoms with Crippen LogP contribution in [0.15, 0.2) is 24.3 Å². The van der Waals surface area contributed by atoms with E-state index in [1.165, 1.54) is 50.5 Å². The van der Waals surface area contributed by atoms with E-state index in [-0.39, 0.29) is 6.61 Å². The Morgan fingerprint density at radius 1 is 0.926 bits per heavy atom. The molecule has 0 aliphatic rings. The van der Waals surface area contributed by atoms with E-state index < -0.39 is 5.97 Å². The van der Waals surface area contributed by atoms with Gasteiger partial charge in [0.05, 0.1) is 12.2 Å². The Morgan fingerprint density at radius 3 is 2.33 bits per heavy atom. The SMILES string of the molecule is CCCCCCc1ccc(C(=O)OOCCOCC(CC)CCCC)cc1. The monoisotopic (exact) mass is 378 g/mol. The van der Waals surface area contributed by atoms with Crippen LogP contribution < -0.4 is 0 Å². The minimum atomic E-state index is -0.457. The van der Waals surface area contributed by atoms with Gasteiger partial charge in [0.1, 0.15) is 6.61 Å². The van der Waals surface area contributed by atoms with Gasteiger partial charge >= 0.3 is 5.97 Å². The summed E-state index contributed by atoms with van der Waals surface area (Å²) >= 11 is 0. The third kappa shape index (κ3) is 11.1. The van der Waals surface area contributed by atoms with Gasteiger partial charge < -0.3 is 4.74 Å². The topological polar surface area (TPSA) is 44.8 Å². The molecule has 0 aliphatic heterocycles. The Balaban J connectivity index is 2.15. The summed E-state index contributed by atoms with van der Waals surface area (Å²) in [5.41, 5.74) is 1.77. The first-order chi connectivity index (χ1) is 13.2. The Kier molecular flexibility index (Phi) is 13.7. The standard InChI is InChI=1S/C23H38O4/c1-4-7-9-10-12-21-13-15-22(16-14-21)23(24)27-26-18-17-25-19-20(6-3)11-8-5-2/h13-16,20H,4-12,17-19H2,1-3H3. The molecule has 27 heavy (non-hydrogen) atoms. The molecule has 0 spiro atoms. The van der Waals surface area contributed by atoms with Gasteiger partial charge in [-0.2, -0.15) is 4.89 Å². The number of aryl methyl sites for hydroxylation is 1. The van der Waals surface area contributed by atoms with Crippen molar-refractivity contribution in [1.82, 2.24) is 0 Å². The molecular weight excluding hydrogens is 340 g/mol. The molecule has 0 radical (unpaired) electrons. The summed E-state index contributed by atoms with van der Waals surface area (Å²) in [6.45, 7) is 8.05. The smallest absolute Gasteiger partial charge is 0.373 e. The van der Waals surface area contributed by atoms with Crippen LogP contribution in [0.3, 0.4) is 0 Å². The van der Waals surface area contributed by atoms with Gasteiger partial charge in [-0.25, -0.2) is 4.79 Å². The van der Waals surface area contributed by atoms with Crippen molar-refractivity contribution in [3.05, 3.63) is 35.4 Å². The summed E-state index contributed by atoms with van der Waals surface area (Å²) in [7, 11) is 0. The van der Waals surface area contributed by atoms with Gasteiger partial charge in [0.25, 0.3) is 0 Å². The zero-order chi connectivity index (χ0) is 19.7. The molecular formula is C23H38O4. The third-order valence-electron chi connectivity index (χ3n) is 4.85. The molecule has 0 bridgehead atoms. The molecule has 1 unspecified atom stereocenters. The lowest BCUT2D eigenvalue weighted by Gasteiger charge is -2.14. The number of rotatable bonds is 16. The first-order valence-corrected chi connectivity index (χ1v) is 10.7. The van der Waals surface area contributed by atoms with Crippen LogP contribution in [-0.4, -0.2) is 25.8 Å². The van der Waals surface area contributed by atoms with Gasteiger partial charge in [0, 0.05) is 6.61 Å². The molecule has 1 rings (SSSR count). The zero-order valence-electron chi connectivity index (χ0n) is 17.5. The zero-order valence-corrected chi connectivity index (χ0v) is 17.5. The summed E-state index contributed by atoms with van der Waals surface area (Å²) in [5.74, 6) is 0.148. The second kappa shape index (κ2) is 15.6. The number of hydrogen-bond donors (Lipinski definition) is 0. The quantitative estimate of drug-likeness (QED) is 0.197. The van der Waals surface area contributed by atoms with Gasteiger partial charge in [-0.1, -0.05) is 71.4 Å². The summed E-state index contributed by atoms with van der Waals surface area (Å²) in [4.78, 5) is 21.8. The lowest BCUT2D eigenvalue weighted by Crippen LogP contribution is -2.14. The van der Waals surface area contributed by atoms with Crippen LogP contribution in [0.2, 0.25) is 0 Å². The van der Waals surface area contributed by atoms with E-state index in [2.05, 4.69) is 20.8 Å². The summed E-state index contributed by atoms with van der Waals surface area (Å²) < 4.78 is 5.63.